The molecule has 14 heteroatoms. The number of ether oxygens (including phenoxy) is 6. The Morgan fingerprint density at radius 2 is 0.803 bits per heavy atom. The predicted molar refractivity (Wildman–Crippen MR) is 276 cm³/mol. The smallest absolute Gasteiger partial charge is 0.309 e. The Balaban J connectivity index is 1.55. The molecule has 0 spiro atoms. The Morgan fingerprint density at radius 1 is 0.437 bits per heavy atom. The lowest BCUT2D eigenvalue weighted by Gasteiger charge is -2.45. The normalized spacial score (nSPS) is 14.5. The van der Waals surface area contributed by atoms with E-state index in [9.17, 15) is 28.8 Å². The number of benzene rings is 3. The molecule has 3 aromatic carbocycles. The van der Waals surface area contributed by atoms with Gasteiger partial charge in [0.1, 0.15) is 37.1 Å². The molecule has 0 N–H and O–H groups in total. The van der Waals surface area contributed by atoms with Gasteiger partial charge in [-0.25, -0.2) is 0 Å². The molecular weight excluding hydrogens is 921 g/mol. The second-order valence-corrected chi connectivity index (χ2v) is 25.5. The molecule has 13 nitrogen and oxygen atoms in total. The summed E-state index contributed by atoms with van der Waals surface area (Å²) in [5, 5.41) is 1.90. The summed E-state index contributed by atoms with van der Waals surface area (Å²) in [4.78, 5) is 79.0. The van der Waals surface area contributed by atoms with Crippen molar-refractivity contribution >= 4 is 54.5 Å². The van der Waals surface area contributed by atoms with E-state index in [2.05, 4.69) is 45.0 Å². The minimum Gasteiger partial charge on any atom is -0.462 e. The molecule has 0 radical (unpaired) electrons. The second-order valence-electron chi connectivity index (χ2n) is 21.3. The van der Waals surface area contributed by atoms with Crippen molar-refractivity contribution in [3.05, 3.63) is 96.6 Å². The van der Waals surface area contributed by atoms with Crippen molar-refractivity contribution in [1.29, 1.82) is 0 Å². The van der Waals surface area contributed by atoms with Crippen LogP contribution >= 0.6 is 0 Å². The average molecular weight is 1000 g/mol. The van der Waals surface area contributed by atoms with Crippen LogP contribution in [0.4, 0.5) is 0 Å². The van der Waals surface area contributed by atoms with Crippen LogP contribution in [-0.4, -0.2) is 80.8 Å². The van der Waals surface area contributed by atoms with Crippen molar-refractivity contribution in [2.45, 2.75) is 190 Å². The maximum Gasteiger partial charge on any atom is 0.309 e. The Kier molecular flexibility index (Phi) is 24.7. The molecule has 0 unspecified atom stereocenters. The summed E-state index contributed by atoms with van der Waals surface area (Å²) >= 11 is 0. The monoisotopic (exact) mass is 1000 g/mol. The van der Waals surface area contributed by atoms with E-state index in [1.54, 1.807) is 27.7 Å². The molecule has 0 amide bonds. The summed E-state index contributed by atoms with van der Waals surface area (Å²) in [7, 11) is -2.98. The zero-order chi connectivity index (χ0) is 52.9. The van der Waals surface area contributed by atoms with E-state index in [0.29, 0.717) is 12.8 Å². The van der Waals surface area contributed by atoms with Gasteiger partial charge in [-0.15, -0.1) is 0 Å². The quantitative estimate of drug-likeness (QED) is 0.0367. The largest absolute Gasteiger partial charge is 0.462 e. The highest BCUT2D eigenvalue weighted by Crippen LogP contribution is 2.39. The van der Waals surface area contributed by atoms with Crippen molar-refractivity contribution in [2.24, 2.45) is 23.7 Å². The SMILES string of the molecule is CC(C)C[C@H](CC(=O)OCc1ccccc1)OC(=O)C[C@@H](C)OC(=O)C[C@H](OC(=O)C[C@@H](CC(C)C)OC(=O)C[C@@H](C)OC(=O)C[C@H](O[Si](c1ccccc1)(c1ccccc1)C(C)(C)C)C(C)C)C(C)C. The molecule has 6 atom stereocenters. The van der Waals surface area contributed by atoms with Crippen LogP contribution in [0.3, 0.4) is 0 Å². The first kappa shape index (κ1) is 60.0. The maximum atomic E-state index is 13.6. The molecule has 0 aliphatic carbocycles. The van der Waals surface area contributed by atoms with E-state index in [0.717, 1.165) is 15.9 Å². The Labute approximate surface area is 424 Å². The van der Waals surface area contributed by atoms with E-state index < -0.39 is 80.8 Å². The molecule has 0 bridgehead atoms. The first-order valence-electron chi connectivity index (χ1n) is 25.3. The van der Waals surface area contributed by atoms with Gasteiger partial charge in [0.15, 0.2) is 0 Å². The lowest BCUT2D eigenvalue weighted by atomic mass is 10.0. The molecule has 392 valence electrons. The van der Waals surface area contributed by atoms with Crippen molar-refractivity contribution in [3.63, 3.8) is 0 Å². The first-order chi connectivity index (χ1) is 33.4. The highest BCUT2D eigenvalue weighted by molar-refractivity contribution is 6.99. The topological polar surface area (TPSA) is 167 Å². The van der Waals surface area contributed by atoms with Gasteiger partial charge in [-0.05, 0) is 71.3 Å². The number of carbonyl (C=O) groups excluding carboxylic acids is 6. The van der Waals surface area contributed by atoms with Gasteiger partial charge in [0.05, 0.1) is 44.6 Å². The second kappa shape index (κ2) is 29.2. The fourth-order valence-corrected chi connectivity index (χ4v) is 13.2. The van der Waals surface area contributed by atoms with Crippen molar-refractivity contribution in [3.8, 4) is 0 Å². The maximum absolute atomic E-state index is 13.6. The third-order valence-electron chi connectivity index (χ3n) is 11.9. The molecule has 0 fully saturated rings. The van der Waals surface area contributed by atoms with Gasteiger partial charge in [-0.2, -0.15) is 0 Å². The van der Waals surface area contributed by atoms with Gasteiger partial charge in [0.25, 0.3) is 8.32 Å². The fraction of sp³-hybridized carbons (Fsp3) is 0.579. The van der Waals surface area contributed by atoms with Crippen LogP contribution in [0.15, 0.2) is 91.0 Å². The van der Waals surface area contributed by atoms with Gasteiger partial charge >= 0.3 is 35.8 Å². The number of esters is 6. The fourth-order valence-electron chi connectivity index (χ4n) is 8.42. The number of carbonyl (C=O) groups is 6. The zero-order valence-electron chi connectivity index (χ0n) is 44.6. The Bertz CT molecular complexity index is 2060. The van der Waals surface area contributed by atoms with Crippen LogP contribution in [0.1, 0.15) is 147 Å². The highest BCUT2D eigenvalue weighted by atomic mass is 28.4. The first-order valence-corrected chi connectivity index (χ1v) is 27.2. The summed E-state index contributed by atoms with van der Waals surface area (Å²) in [6.45, 7) is 25.3. The molecular formula is C57H82O13Si. The molecule has 3 rings (SSSR count). The Morgan fingerprint density at radius 3 is 1.20 bits per heavy atom. The summed E-state index contributed by atoms with van der Waals surface area (Å²) < 4.78 is 41.2. The molecule has 0 heterocycles. The minimum atomic E-state index is -2.98. The molecule has 0 aliphatic heterocycles. The molecule has 3 aromatic rings. The standard InChI is InChI=1S/C57H82O13Si/c1-38(2)29-45(33-51(58)64-37-44-23-17-14-18-24-44)67-52(59)31-42(9)65-55(62)35-49(40(5)6)69-54(61)34-46(30-39(3)4)68-53(60)32-43(10)66-56(63)36-50(41(7)8)70-71(57(11,12)13,47-25-19-15-20-26-47)48-27-21-16-22-28-48/h14-28,38-43,45-46,49-50H,29-37H2,1-13H3/t42-,43-,45-,46-,49+,50+/m1/s1. The van der Waals surface area contributed by atoms with E-state index in [1.807, 2.05) is 108 Å². The number of hydrogen-bond donors (Lipinski definition) is 0. The summed E-state index contributed by atoms with van der Waals surface area (Å²) in [6, 6.07) is 29.7. The summed E-state index contributed by atoms with van der Waals surface area (Å²) in [6.07, 6.45) is -4.93. The highest BCUT2D eigenvalue weighted by Gasteiger charge is 2.52. The number of hydrogen-bond acceptors (Lipinski definition) is 13. The van der Waals surface area contributed by atoms with Crippen LogP contribution in [0, 0.1) is 23.7 Å². The van der Waals surface area contributed by atoms with E-state index >= 15 is 0 Å². The van der Waals surface area contributed by atoms with Crippen LogP contribution in [0.2, 0.25) is 5.04 Å². The molecule has 0 aromatic heterocycles. The Hall–Kier alpha value is -5.34. The third-order valence-corrected chi connectivity index (χ3v) is 17.0. The van der Waals surface area contributed by atoms with Gasteiger partial charge in [-0.3, -0.25) is 28.8 Å². The van der Waals surface area contributed by atoms with Crippen molar-refractivity contribution in [1.82, 2.24) is 0 Å². The lowest BCUT2D eigenvalue weighted by molar-refractivity contribution is -0.164. The molecule has 71 heavy (non-hydrogen) atoms. The average Bonchev–Trinajstić information content (AvgIpc) is 3.26. The van der Waals surface area contributed by atoms with E-state index in [4.69, 9.17) is 32.8 Å². The van der Waals surface area contributed by atoms with Crippen LogP contribution in [-0.2, 0) is 68.2 Å². The van der Waals surface area contributed by atoms with E-state index in [1.165, 1.54) is 0 Å². The summed E-state index contributed by atoms with van der Waals surface area (Å²) in [5.74, 6) is -3.73. The minimum absolute atomic E-state index is 0.0200. The van der Waals surface area contributed by atoms with Crippen LogP contribution < -0.4 is 10.4 Å². The van der Waals surface area contributed by atoms with Crippen LogP contribution in [0.25, 0.3) is 0 Å². The van der Waals surface area contributed by atoms with Gasteiger partial charge in [0, 0.05) is 0 Å². The van der Waals surface area contributed by atoms with Gasteiger partial charge in [0.2, 0.25) is 0 Å². The molecule has 0 aliphatic rings. The van der Waals surface area contributed by atoms with E-state index in [-0.39, 0.29) is 73.8 Å². The predicted octanol–water partition coefficient (Wildman–Crippen LogP) is 10.0. The van der Waals surface area contributed by atoms with Gasteiger partial charge < -0.3 is 32.8 Å². The van der Waals surface area contributed by atoms with Gasteiger partial charge in [-0.1, -0.05) is 167 Å². The number of rotatable bonds is 29. The molecule has 0 saturated heterocycles. The lowest BCUT2D eigenvalue weighted by Crippen LogP contribution is -2.68. The van der Waals surface area contributed by atoms with Crippen molar-refractivity contribution in [2.75, 3.05) is 0 Å². The molecule has 0 saturated carbocycles. The third kappa shape index (κ3) is 21.1. The zero-order valence-corrected chi connectivity index (χ0v) is 45.6. The van der Waals surface area contributed by atoms with Crippen molar-refractivity contribution < 1.29 is 61.6 Å². The van der Waals surface area contributed by atoms with Crippen LogP contribution in [0.5, 0.6) is 0 Å². The summed E-state index contributed by atoms with van der Waals surface area (Å²) in [5.41, 5.74) is 0.841.